The number of nitrogens with two attached hydrogens (primary N) is 1. The summed E-state index contributed by atoms with van der Waals surface area (Å²) in [4.78, 5) is 0. The SMILES string of the molecule is NCCc1ccc(F)c2c1OCCCO2. The Labute approximate surface area is 88.0 Å². The molecular weight excluding hydrogens is 197 g/mol. The first-order valence-electron chi connectivity index (χ1n) is 5.10. The Kier molecular flexibility index (Phi) is 3.06. The van der Waals surface area contributed by atoms with Crippen LogP contribution >= 0.6 is 0 Å². The van der Waals surface area contributed by atoms with E-state index in [9.17, 15) is 4.39 Å². The monoisotopic (exact) mass is 211 g/mol. The molecule has 0 unspecified atom stereocenters. The summed E-state index contributed by atoms with van der Waals surface area (Å²) in [7, 11) is 0. The summed E-state index contributed by atoms with van der Waals surface area (Å²) in [6.45, 7) is 1.57. The third kappa shape index (κ3) is 2.04. The Hall–Kier alpha value is -1.29. The van der Waals surface area contributed by atoms with Gasteiger partial charge in [0, 0.05) is 6.42 Å². The average Bonchev–Trinajstić information content (AvgIpc) is 2.48. The quantitative estimate of drug-likeness (QED) is 0.806. The second kappa shape index (κ2) is 4.49. The molecule has 1 aromatic carbocycles. The average molecular weight is 211 g/mol. The second-order valence-electron chi connectivity index (χ2n) is 3.45. The summed E-state index contributed by atoms with van der Waals surface area (Å²) in [5.74, 6) is 0.393. The summed E-state index contributed by atoms with van der Waals surface area (Å²) in [5, 5.41) is 0. The van der Waals surface area contributed by atoms with Crippen molar-refractivity contribution in [3.8, 4) is 11.5 Å². The van der Waals surface area contributed by atoms with E-state index in [4.69, 9.17) is 15.2 Å². The molecule has 0 saturated carbocycles. The third-order valence-electron chi connectivity index (χ3n) is 2.34. The van der Waals surface area contributed by atoms with Gasteiger partial charge in [0.05, 0.1) is 13.2 Å². The molecule has 1 heterocycles. The fourth-order valence-corrected chi connectivity index (χ4v) is 1.63. The molecule has 0 aromatic heterocycles. The molecular formula is C11H14FNO2. The standard InChI is InChI=1S/C11H14FNO2/c12-9-3-2-8(4-5-13)10-11(9)15-7-1-6-14-10/h2-3H,1,4-7,13H2. The lowest BCUT2D eigenvalue weighted by Crippen LogP contribution is -2.06. The van der Waals surface area contributed by atoms with Gasteiger partial charge in [-0.1, -0.05) is 6.07 Å². The Bertz CT molecular complexity index is 355. The first kappa shape index (κ1) is 10.2. The van der Waals surface area contributed by atoms with E-state index >= 15 is 0 Å². The van der Waals surface area contributed by atoms with Crippen molar-refractivity contribution in [1.82, 2.24) is 0 Å². The number of ether oxygens (including phenoxy) is 2. The molecule has 2 rings (SSSR count). The molecule has 1 aromatic rings. The van der Waals surface area contributed by atoms with Crippen molar-refractivity contribution in [3.05, 3.63) is 23.5 Å². The van der Waals surface area contributed by atoms with Gasteiger partial charge in [-0.05, 0) is 24.6 Å². The van der Waals surface area contributed by atoms with Crippen LogP contribution in [0.15, 0.2) is 12.1 Å². The summed E-state index contributed by atoms with van der Waals surface area (Å²) in [6.07, 6.45) is 1.45. The Morgan fingerprint density at radius 1 is 1.20 bits per heavy atom. The number of fused-ring (bicyclic) bond motifs is 1. The molecule has 0 atom stereocenters. The van der Waals surface area contributed by atoms with Gasteiger partial charge in [-0.2, -0.15) is 0 Å². The highest BCUT2D eigenvalue weighted by molar-refractivity contribution is 5.48. The van der Waals surface area contributed by atoms with E-state index in [1.807, 2.05) is 0 Å². The Morgan fingerprint density at radius 2 is 1.93 bits per heavy atom. The molecule has 0 amide bonds. The molecule has 15 heavy (non-hydrogen) atoms. The maximum absolute atomic E-state index is 13.4. The Balaban J connectivity index is 2.41. The molecule has 4 heteroatoms. The molecule has 0 fully saturated rings. The van der Waals surface area contributed by atoms with Crippen LogP contribution in [-0.4, -0.2) is 19.8 Å². The molecule has 0 bridgehead atoms. The molecule has 2 N–H and O–H groups in total. The third-order valence-corrected chi connectivity index (χ3v) is 2.34. The summed E-state index contributed by atoms with van der Waals surface area (Å²) in [6, 6.07) is 3.11. The zero-order valence-electron chi connectivity index (χ0n) is 8.46. The summed E-state index contributed by atoms with van der Waals surface area (Å²) in [5.41, 5.74) is 6.39. The first-order chi connectivity index (χ1) is 7.33. The van der Waals surface area contributed by atoms with E-state index in [2.05, 4.69) is 0 Å². The zero-order valence-corrected chi connectivity index (χ0v) is 8.46. The Morgan fingerprint density at radius 3 is 2.67 bits per heavy atom. The van der Waals surface area contributed by atoms with Crippen LogP contribution in [0.1, 0.15) is 12.0 Å². The van der Waals surface area contributed by atoms with Crippen molar-refractivity contribution in [2.75, 3.05) is 19.8 Å². The maximum atomic E-state index is 13.4. The minimum absolute atomic E-state index is 0.235. The topological polar surface area (TPSA) is 44.5 Å². The van der Waals surface area contributed by atoms with Gasteiger partial charge in [0.2, 0.25) is 0 Å². The molecule has 0 saturated heterocycles. The van der Waals surface area contributed by atoms with Crippen molar-refractivity contribution in [1.29, 1.82) is 0 Å². The normalized spacial score (nSPS) is 14.8. The van der Waals surface area contributed by atoms with Crippen molar-refractivity contribution < 1.29 is 13.9 Å². The van der Waals surface area contributed by atoms with Crippen molar-refractivity contribution >= 4 is 0 Å². The fourth-order valence-electron chi connectivity index (χ4n) is 1.63. The van der Waals surface area contributed by atoms with E-state index < -0.39 is 0 Å². The van der Waals surface area contributed by atoms with Crippen LogP contribution in [0, 0.1) is 5.82 Å². The van der Waals surface area contributed by atoms with Gasteiger partial charge >= 0.3 is 0 Å². The molecule has 1 aliphatic rings. The largest absolute Gasteiger partial charge is 0.489 e. The minimum Gasteiger partial charge on any atom is -0.489 e. The van der Waals surface area contributed by atoms with Crippen LogP contribution in [0.2, 0.25) is 0 Å². The van der Waals surface area contributed by atoms with Crippen molar-refractivity contribution in [3.63, 3.8) is 0 Å². The van der Waals surface area contributed by atoms with Crippen LogP contribution < -0.4 is 15.2 Å². The molecule has 0 spiro atoms. The highest BCUT2D eigenvalue weighted by atomic mass is 19.1. The van der Waals surface area contributed by atoms with Crippen LogP contribution in [-0.2, 0) is 6.42 Å². The van der Waals surface area contributed by atoms with Gasteiger partial charge in [0.25, 0.3) is 0 Å². The van der Waals surface area contributed by atoms with Gasteiger partial charge < -0.3 is 15.2 Å². The van der Waals surface area contributed by atoms with Crippen molar-refractivity contribution in [2.24, 2.45) is 5.73 Å². The van der Waals surface area contributed by atoms with Crippen molar-refractivity contribution in [2.45, 2.75) is 12.8 Å². The van der Waals surface area contributed by atoms with Gasteiger partial charge in [0.15, 0.2) is 17.3 Å². The van der Waals surface area contributed by atoms with Gasteiger partial charge in [0.1, 0.15) is 0 Å². The van der Waals surface area contributed by atoms with Crippen LogP contribution in [0.3, 0.4) is 0 Å². The summed E-state index contributed by atoms with van der Waals surface area (Å²) >= 11 is 0. The fraction of sp³-hybridized carbons (Fsp3) is 0.455. The number of halogens is 1. The number of hydrogen-bond acceptors (Lipinski definition) is 3. The smallest absolute Gasteiger partial charge is 0.197 e. The van der Waals surface area contributed by atoms with Gasteiger partial charge in [-0.3, -0.25) is 0 Å². The van der Waals surface area contributed by atoms with Crippen LogP contribution in [0.4, 0.5) is 4.39 Å². The molecule has 3 nitrogen and oxygen atoms in total. The van der Waals surface area contributed by atoms with E-state index in [0.717, 1.165) is 12.0 Å². The molecule has 82 valence electrons. The highest BCUT2D eigenvalue weighted by Gasteiger charge is 2.18. The lowest BCUT2D eigenvalue weighted by atomic mass is 10.1. The minimum atomic E-state index is -0.368. The first-order valence-corrected chi connectivity index (χ1v) is 5.10. The van der Waals surface area contributed by atoms with Crippen LogP contribution in [0.5, 0.6) is 11.5 Å². The maximum Gasteiger partial charge on any atom is 0.197 e. The molecule has 0 radical (unpaired) electrons. The molecule has 0 aliphatic carbocycles. The van der Waals surface area contributed by atoms with E-state index in [1.54, 1.807) is 6.07 Å². The second-order valence-corrected chi connectivity index (χ2v) is 3.45. The molecule has 1 aliphatic heterocycles. The predicted molar refractivity (Wildman–Crippen MR) is 54.8 cm³/mol. The number of benzene rings is 1. The van der Waals surface area contributed by atoms with Crippen LogP contribution in [0.25, 0.3) is 0 Å². The van der Waals surface area contributed by atoms with E-state index in [1.165, 1.54) is 6.07 Å². The van der Waals surface area contributed by atoms with E-state index in [-0.39, 0.29) is 11.6 Å². The van der Waals surface area contributed by atoms with E-state index in [0.29, 0.717) is 31.9 Å². The highest BCUT2D eigenvalue weighted by Crippen LogP contribution is 2.35. The zero-order chi connectivity index (χ0) is 10.7. The number of rotatable bonds is 2. The lowest BCUT2D eigenvalue weighted by Gasteiger charge is -2.12. The lowest BCUT2D eigenvalue weighted by molar-refractivity contribution is 0.291. The number of hydrogen-bond donors (Lipinski definition) is 1. The van der Waals surface area contributed by atoms with Gasteiger partial charge in [-0.15, -0.1) is 0 Å². The van der Waals surface area contributed by atoms with Gasteiger partial charge in [-0.25, -0.2) is 4.39 Å². The summed E-state index contributed by atoms with van der Waals surface area (Å²) < 4.78 is 24.3. The predicted octanol–water partition coefficient (Wildman–Crippen LogP) is 1.49.